The van der Waals surface area contributed by atoms with E-state index in [1.165, 1.54) is 0 Å². The van der Waals surface area contributed by atoms with Crippen LogP contribution in [0.1, 0.15) is 33.1 Å². The summed E-state index contributed by atoms with van der Waals surface area (Å²) in [4.78, 5) is 10.8. The van der Waals surface area contributed by atoms with Gasteiger partial charge in [-0.3, -0.25) is 4.79 Å². The number of rotatable bonds is 6. The summed E-state index contributed by atoms with van der Waals surface area (Å²) >= 11 is 0. The van der Waals surface area contributed by atoms with Gasteiger partial charge in [0.25, 0.3) is 0 Å². The highest BCUT2D eigenvalue weighted by Gasteiger charge is 2.02. The number of methoxy groups -OCH3 is 1. The molecule has 0 N–H and O–H groups in total. The van der Waals surface area contributed by atoms with Crippen molar-refractivity contribution in [3.8, 4) is 0 Å². The maximum absolute atomic E-state index is 10.8. The van der Waals surface area contributed by atoms with Crippen molar-refractivity contribution in [3.05, 3.63) is 0 Å². The molecule has 0 bridgehead atoms. The van der Waals surface area contributed by atoms with Crippen LogP contribution in [0.15, 0.2) is 0 Å². The lowest BCUT2D eigenvalue weighted by molar-refractivity contribution is -0.144. The predicted octanol–water partition coefficient (Wildman–Crippen LogP) is 1.75. The fourth-order valence-corrected chi connectivity index (χ4v) is 0.733. The second-order valence-corrected chi connectivity index (χ2v) is 2.81. The van der Waals surface area contributed by atoms with Crippen molar-refractivity contribution in [2.45, 2.75) is 39.2 Å². The average molecular weight is 174 g/mol. The Hall–Kier alpha value is -0.570. The Labute approximate surface area is 74.0 Å². The molecule has 12 heavy (non-hydrogen) atoms. The van der Waals surface area contributed by atoms with Crippen molar-refractivity contribution in [2.24, 2.45) is 0 Å². The lowest BCUT2D eigenvalue weighted by Crippen LogP contribution is -2.12. The fourth-order valence-electron chi connectivity index (χ4n) is 0.733. The summed E-state index contributed by atoms with van der Waals surface area (Å²) in [5, 5.41) is 0. The van der Waals surface area contributed by atoms with Gasteiger partial charge >= 0.3 is 5.97 Å². The van der Waals surface area contributed by atoms with Crippen molar-refractivity contribution in [1.82, 2.24) is 0 Å². The van der Waals surface area contributed by atoms with Crippen molar-refractivity contribution in [2.75, 3.05) is 13.7 Å². The van der Waals surface area contributed by atoms with Crippen LogP contribution in [0.5, 0.6) is 0 Å². The van der Waals surface area contributed by atoms with Gasteiger partial charge in [0, 0.05) is 20.0 Å². The maximum Gasteiger partial charge on any atom is 0.305 e. The van der Waals surface area contributed by atoms with E-state index < -0.39 is 0 Å². The van der Waals surface area contributed by atoms with Gasteiger partial charge in [-0.25, -0.2) is 0 Å². The predicted molar refractivity (Wildman–Crippen MR) is 47.0 cm³/mol. The molecule has 0 aliphatic carbocycles. The van der Waals surface area contributed by atoms with Crippen molar-refractivity contribution >= 4 is 5.97 Å². The molecular formula is C9H18O3. The molecule has 72 valence electrons. The first kappa shape index (κ1) is 11.4. The van der Waals surface area contributed by atoms with E-state index in [1.807, 2.05) is 13.8 Å². The number of hydrogen-bond donors (Lipinski definition) is 0. The number of carbonyl (C=O) groups is 1. The van der Waals surface area contributed by atoms with Crippen LogP contribution in [-0.2, 0) is 14.3 Å². The Bertz CT molecular complexity index is 123. The van der Waals surface area contributed by atoms with Crippen molar-refractivity contribution in [1.29, 1.82) is 0 Å². The highest BCUT2D eigenvalue weighted by molar-refractivity contribution is 5.69. The molecule has 0 aliphatic heterocycles. The Morgan fingerprint density at radius 2 is 2.17 bits per heavy atom. The summed E-state index contributed by atoms with van der Waals surface area (Å²) in [6.45, 7) is 4.38. The fraction of sp³-hybridized carbons (Fsp3) is 0.889. The van der Waals surface area contributed by atoms with Crippen LogP contribution >= 0.6 is 0 Å². The first-order chi connectivity index (χ1) is 5.70. The number of carbonyl (C=O) groups excluding carboxylic acids is 1. The summed E-state index contributed by atoms with van der Waals surface area (Å²) in [7, 11) is 1.65. The van der Waals surface area contributed by atoms with Crippen molar-refractivity contribution in [3.63, 3.8) is 0 Å². The molecule has 0 fully saturated rings. The lowest BCUT2D eigenvalue weighted by Gasteiger charge is -2.08. The molecule has 0 rings (SSSR count). The minimum Gasteiger partial charge on any atom is -0.466 e. The average Bonchev–Trinajstić information content (AvgIpc) is 2.04. The summed E-state index contributed by atoms with van der Waals surface area (Å²) in [5.41, 5.74) is 0. The van der Waals surface area contributed by atoms with Crippen LogP contribution in [0.4, 0.5) is 0 Å². The van der Waals surface area contributed by atoms with Gasteiger partial charge in [0.1, 0.15) is 0 Å². The largest absolute Gasteiger partial charge is 0.466 e. The van der Waals surface area contributed by atoms with E-state index in [1.54, 1.807) is 7.11 Å². The first-order valence-corrected chi connectivity index (χ1v) is 4.39. The van der Waals surface area contributed by atoms with E-state index in [0.29, 0.717) is 13.0 Å². The quantitative estimate of drug-likeness (QED) is 0.575. The highest BCUT2D eigenvalue weighted by Crippen LogP contribution is 1.97. The van der Waals surface area contributed by atoms with E-state index in [4.69, 9.17) is 9.47 Å². The standard InChI is InChI=1S/C9H18O3/c1-4-5-9(10)12-7-6-8(2)11-3/h8H,4-7H2,1-3H3. The SMILES string of the molecule is CCCC(=O)OCCC(C)OC. The third kappa shape index (κ3) is 6.16. The van der Waals surface area contributed by atoms with Crippen molar-refractivity contribution < 1.29 is 14.3 Å². The Kier molecular flexibility index (Phi) is 6.76. The molecule has 1 atom stereocenters. The molecule has 0 heterocycles. The number of hydrogen-bond acceptors (Lipinski definition) is 3. The summed E-state index contributed by atoms with van der Waals surface area (Å²) in [6.07, 6.45) is 2.30. The third-order valence-electron chi connectivity index (χ3n) is 1.64. The Balaban J connectivity index is 3.24. The van der Waals surface area contributed by atoms with Crippen LogP contribution in [-0.4, -0.2) is 25.8 Å². The van der Waals surface area contributed by atoms with Crippen LogP contribution in [0, 0.1) is 0 Å². The van der Waals surface area contributed by atoms with Gasteiger partial charge in [0.15, 0.2) is 0 Å². The normalized spacial score (nSPS) is 12.6. The summed E-state index contributed by atoms with van der Waals surface area (Å²) < 4.78 is 9.94. The Morgan fingerprint density at radius 3 is 2.67 bits per heavy atom. The molecule has 0 saturated carbocycles. The van der Waals surface area contributed by atoms with Gasteiger partial charge in [0.2, 0.25) is 0 Å². The molecule has 0 saturated heterocycles. The topological polar surface area (TPSA) is 35.5 Å². The van der Waals surface area contributed by atoms with Crippen LogP contribution < -0.4 is 0 Å². The van der Waals surface area contributed by atoms with E-state index >= 15 is 0 Å². The Morgan fingerprint density at radius 1 is 1.50 bits per heavy atom. The van der Waals surface area contributed by atoms with Crippen LogP contribution in [0.25, 0.3) is 0 Å². The minimum absolute atomic E-state index is 0.110. The molecule has 0 amide bonds. The molecule has 3 heteroatoms. The van der Waals surface area contributed by atoms with E-state index in [9.17, 15) is 4.79 Å². The van der Waals surface area contributed by atoms with Gasteiger partial charge in [-0.2, -0.15) is 0 Å². The molecule has 0 aromatic rings. The number of ether oxygens (including phenoxy) is 2. The molecule has 0 aromatic carbocycles. The van der Waals surface area contributed by atoms with E-state index in [0.717, 1.165) is 12.8 Å². The molecule has 0 spiro atoms. The van der Waals surface area contributed by atoms with Gasteiger partial charge in [0.05, 0.1) is 12.7 Å². The number of esters is 1. The van der Waals surface area contributed by atoms with E-state index in [-0.39, 0.29) is 12.1 Å². The monoisotopic (exact) mass is 174 g/mol. The van der Waals surface area contributed by atoms with Gasteiger partial charge < -0.3 is 9.47 Å². The zero-order chi connectivity index (χ0) is 9.40. The molecule has 1 unspecified atom stereocenters. The first-order valence-electron chi connectivity index (χ1n) is 4.39. The maximum atomic E-state index is 10.8. The smallest absolute Gasteiger partial charge is 0.305 e. The zero-order valence-corrected chi connectivity index (χ0v) is 8.13. The van der Waals surface area contributed by atoms with E-state index in [2.05, 4.69) is 0 Å². The second kappa shape index (κ2) is 7.10. The summed E-state index contributed by atoms with van der Waals surface area (Å²) in [5.74, 6) is -0.110. The second-order valence-electron chi connectivity index (χ2n) is 2.81. The van der Waals surface area contributed by atoms with Gasteiger partial charge in [-0.15, -0.1) is 0 Å². The highest BCUT2D eigenvalue weighted by atomic mass is 16.5. The lowest BCUT2D eigenvalue weighted by atomic mass is 10.3. The van der Waals surface area contributed by atoms with Crippen LogP contribution in [0.3, 0.4) is 0 Å². The molecule has 3 nitrogen and oxygen atoms in total. The van der Waals surface area contributed by atoms with Gasteiger partial charge in [-0.05, 0) is 13.3 Å². The minimum atomic E-state index is -0.110. The molecule has 0 radical (unpaired) electrons. The summed E-state index contributed by atoms with van der Waals surface area (Å²) in [6, 6.07) is 0. The van der Waals surface area contributed by atoms with Gasteiger partial charge in [-0.1, -0.05) is 6.92 Å². The molecule has 0 aromatic heterocycles. The zero-order valence-electron chi connectivity index (χ0n) is 8.13. The van der Waals surface area contributed by atoms with Crippen LogP contribution in [0.2, 0.25) is 0 Å². The molecule has 0 aliphatic rings. The third-order valence-corrected chi connectivity index (χ3v) is 1.64. The molecular weight excluding hydrogens is 156 g/mol.